The molecule has 21 heavy (non-hydrogen) atoms. The molecule has 0 aliphatic carbocycles. The number of rotatable bonds is 1. The van der Waals surface area contributed by atoms with Crippen LogP contribution in [0.5, 0.6) is 0 Å². The maximum atomic E-state index is 12.0. The molecule has 2 aliphatic heterocycles. The first-order chi connectivity index (χ1) is 9.58. The van der Waals surface area contributed by atoms with Crippen LogP contribution in [0.2, 0.25) is 0 Å². The summed E-state index contributed by atoms with van der Waals surface area (Å²) in [5.41, 5.74) is 0.121. The normalized spacial score (nSPS) is 22.0. The maximum Gasteiger partial charge on any atom is 0.558 e. The Labute approximate surface area is 127 Å². The lowest BCUT2D eigenvalue weighted by Gasteiger charge is -2.29. The van der Waals surface area contributed by atoms with Crippen LogP contribution in [0.25, 0.3) is 0 Å². The van der Waals surface area contributed by atoms with Crippen molar-refractivity contribution in [1.29, 1.82) is 0 Å². The Morgan fingerprint density at radius 2 is 2.14 bits per heavy atom. The van der Waals surface area contributed by atoms with Gasteiger partial charge in [-0.2, -0.15) is 0 Å². The fraction of sp³-hybridized carbons (Fsp3) is 0.667. The van der Waals surface area contributed by atoms with Crippen molar-refractivity contribution in [3.63, 3.8) is 0 Å². The third-order valence-electron chi connectivity index (χ3n) is 3.52. The van der Waals surface area contributed by atoms with Crippen molar-refractivity contribution in [1.82, 2.24) is 4.90 Å². The molecule has 0 aromatic carbocycles. The van der Waals surface area contributed by atoms with Gasteiger partial charge in [0, 0.05) is 13.1 Å². The molecule has 2 aliphatic rings. The fourth-order valence-electron chi connectivity index (χ4n) is 2.17. The van der Waals surface area contributed by atoms with Gasteiger partial charge in [-0.25, -0.2) is 4.79 Å². The second kappa shape index (κ2) is 5.41. The summed E-state index contributed by atoms with van der Waals surface area (Å²) in [6, 6.07) is 0. The fourth-order valence-corrected chi connectivity index (χ4v) is 2.17. The Morgan fingerprint density at radius 3 is 2.57 bits per heavy atom. The Balaban J connectivity index is 1.94. The number of hydrogen-bond donors (Lipinski definition) is 0. The molecular weight excluding hydrogens is 269 g/mol. The topological polar surface area (TPSA) is 48.0 Å². The second-order valence-electron chi connectivity index (χ2n) is 6.96. The number of carbonyl (C=O) groups is 1. The summed E-state index contributed by atoms with van der Waals surface area (Å²) in [6.07, 6.45) is 2.41. The molecular formula is C15H24BNO4. The average Bonchev–Trinajstić information content (AvgIpc) is 2.62. The quantitative estimate of drug-likeness (QED) is 0.697. The van der Waals surface area contributed by atoms with E-state index in [1.54, 1.807) is 4.90 Å². The Kier molecular flexibility index (Phi) is 4.11. The summed E-state index contributed by atoms with van der Waals surface area (Å²) in [6.45, 7) is 14.5. The molecule has 0 N–H and O–H groups in total. The van der Waals surface area contributed by atoms with Crippen molar-refractivity contribution in [2.24, 2.45) is 0 Å². The van der Waals surface area contributed by atoms with Crippen molar-refractivity contribution in [3.05, 3.63) is 23.9 Å². The standard InChI is InChI=1S/C15H24BNO4/c1-11-15(5,6)21-16(20-11)12-7-9-17(10-8-12)13(18)19-14(2,3)4/h7H,1,8-10H2,2-6H3. The van der Waals surface area contributed by atoms with Gasteiger partial charge in [0.25, 0.3) is 0 Å². The zero-order valence-electron chi connectivity index (χ0n) is 13.6. The van der Waals surface area contributed by atoms with Gasteiger partial charge in [-0.3, -0.25) is 0 Å². The Hall–Kier alpha value is -1.43. The van der Waals surface area contributed by atoms with Crippen molar-refractivity contribution in [2.75, 3.05) is 13.1 Å². The van der Waals surface area contributed by atoms with E-state index in [1.165, 1.54) is 0 Å². The van der Waals surface area contributed by atoms with E-state index in [0.717, 1.165) is 5.47 Å². The first kappa shape index (κ1) is 16.0. The SMILES string of the molecule is C=C1OB(C2=CCN(C(=O)OC(C)(C)C)CC2)OC1(C)C. The van der Waals surface area contributed by atoms with Crippen LogP contribution < -0.4 is 0 Å². The molecule has 0 saturated carbocycles. The molecule has 0 atom stereocenters. The molecule has 0 aromatic heterocycles. The van der Waals surface area contributed by atoms with E-state index in [1.807, 2.05) is 40.7 Å². The molecule has 1 fully saturated rings. The van der Waals surface area contributed by atoms with E-state index < -0.39 is 11.2 Å². The molecule has 0 aromatic rings. The molecule has 5 nitrogen and oxygen atoms in total. The lowest BCUT2D eigenvalue weighted by Crippen LogP contribution is -2.40. The minimum Gasteiger partial charge on any atom is -0.534 e. The van der Waals surface area contributed by atoms with Crippen molar-refractivity contribution < 1.29 is 18.8 Å². The van der Waals surface area contributed by atoms with Crippen LogP contribution >= 0.6 is 0 Å². The summed E-state index contributed by atoms with van der Waals surface area (Å²) in [5.74, 6) is 0.642. The van der Waals surface area contributed by atoms with Crippen LogP contribution in [-0.4, -0.2) is 42.4 Å². The molecule has 0 spiro atoms. The maximum absolute atomic E-state index is 12.0. The minimum atomic E-state index is -0.472. The first-order valence-corrected chi connectivity index (χ1v) is 7.29. The van der Waals surface area contributed by atoms with Gasteiger partial charge >= 0.3 is 13.2 Å². The second-order valence-corrected chi connectivity index (χ2v) is 6.96. The first-order valence-electron chi connectivity index (χ1n) is 7.29. The van der Waals surface area contributed by atoms with Crippen molar-refractivity contribution in [2.45, 2.75) is 52.2 Å². The van der Waals surface area contributed by atoms with Gasteiger partial charge in [0.1, 0.15) is 11.2 Å². The molecule has 0 unspecified atom stereocenters. The Bertz CT molecular complexity index is 479. The van der Waals surface area contributed by atoms with E-state index in [9.17, 15) is 4.79 Å². The number of hydrogen-bond acceptors (Lipinski definition) is 4. The lowest BCUT2D eigenvalue weighted by molar-refractivity contribution is 0.0266. The van der Waals surface area contributed by atoms with E-state index >= 15 is 0 Å². The molecule has 0 bridgehead atoms. The van der Waals surface area contributed by atoms with Gasteiger partial charge < -0.3 is 18.9 Å². The van der Waals surface area contributed by atoms with Gasteiger partial charge in [-0.05, 0) is 46.5 Å². The van der Waals surface area contributed by atoms with E-state index in [0.29, 0.717) is 25.3 Å². The van der Waals surface area contributed by atoms with E-state index in [2.05, 4.69) is 6.58 Å². The molecule has 0 radical (unpaired) electrons. The van der Waals surface area contributed by atoms with Crippen LogP contribution in [0.1, 0.15) is 41.0 Å². The molecule has 6 heteroatoms. The zero-order valence-corrected chi connectivity index (χ0v) is 13.6. The number of carbonyl (C=O) groups excluding carboxylic acids is 1. The van der Waals surface area contributed by atoms with Crippen LogP contribution in [0.15, 0.2) is 23.9 Å². The van der Waals surface area contributed by atoms with Crippen LogP contribution in [0, 0.1) is 0 Å². The van der Waals surface area contributed by atoms with Gasteiger partial charge in [0.15, 0.2) is 0 Å². The third-order valence-corrected chi connectivity index (χ3v) is 3.52. The monoisotopic (exact) mass is 293 g/mol. The molecule has 1 saturated heterocycles. The summed E-state index contributed by atoms with van der Waals surface area (Å²) in [4.78, 5) is 13.7. The van der Waals surface area contributed by atoms with Crippen LogP contribution in [-0.2, 0) is 14.0 Å². The predicted molar refractivity (Wildman–Crippen MR) is 81.7 cm³/mol. The molecule has 2 heterocycles. The highest BCUT2D eigenvalue weighted by Gasteiger charge is 2.44. The van der Waals surface area contributed by atoms with Gasteiger partial charge in [-0.15, -0.1) is 0 Å². The van der Waals surface area contributed by atoms with Crippen molar-refractivity contribution >= 4 is 13.2 Å². The highest BCUT2D eigenvalue weighted by Crippen LogP contribution is 2.33. The minimum absolute atomic E-state index is 0.282. The summed E-state index contributed by atoms with van der Waals surface area (Å²) in [7, 11) is -0.381. The summed E-state index contributed by atoms with van der Waals surface area (Å²) < 4.78 is 16.9. The molecule has 1 amide bonds. The van der Waals surface area contributed by atoms with E-state index in [4.69, 9.17) is 14.0 Å². The molecule has 116 valence electrons. The van der Waals surface area contributed by atoms with Gasteiger partial charge in [0.2, 0.25) is 0 Å². The van der Waals surface area contributed by atoms with Crippen LogP contribution in [0.4, 0.5) is 4.79 Å². The largest absolute Gasteiger partial charge is 0.558 e. The van der Waals surface area contributed by atoms with E-state index in [-0.39, 0.29) is 13.2 Å². The summed E-state index contributed by atoms with van der Waals surface area (Å²) >= 11 is 0. The number of ether oxygens (including phenoxy) is 1. The zero-order chi connectivity index (χ0) is 15.8. The number of amides is 1. The van der Waals surface area contributed by atoms with Gasteiger partial charge in [0.05, 0.1) is 5.76 Å². The smallest absolute Gasteiger partial charge is 0.534 e. The summed E-state index contributed by atoms with van der Waals surface area (Å²) in [5, 5.41) is 0. The van der Waals surface area contributed by atoms with Crippen molar-refractivity contribution in [3.8, 4) is 0 Å². The lowest BCUT2D eigenvalue weighted by atomic mass is 9.75. The van der Waals surface area contributed by atoms with Gasteiger partial charge in [-0.1, -0.05) is 12.7 Å². The number of nitrogens with zero attached hydrogens (tertiary/aromatic N) is 1. The Morgan fingerprint density at radius 1 is 1.48 bits per heavy atom. The highest BCUT2D eigenvalue weighted by atomic mass is 16.7. The third kappa shape index (κ3) is 3.81. The van der Waals surface area contributed by atoms with Crippen LogP contribution in [0.3, 0.4) is 0 Å². The average molecular weight is 293 g/mol. The molecule has 2 rings (SSSR count). The predicted octanol–water partition coefficient (Wildman–Crippen LogP) is 2.92. The highest BCUT2D eigenvalue weighted by molar-refractivity contribution is 6.55.